The number of fused-ring (bicyclic) bond motifs is 2. The molecule has 0 spiro atoms. The Morgan fingerprint density at radius 1 is 1.03 bits per heavy atom. The number of aromatic hydroxyl groups is 1. The van der Waals surface area contributed by atoms with Gasteiger partial charge in [0.1, 0.15) is 5.75 Å². The van der Waals surface area contributed by atoms with Gasteiger partial charge in [0.2, 0.25) is 5.91 Å². The Morgan fingerprint density at radius 2 is 1.79 bits per heavy atom. The molecule has 1 amide bonds. The third-order valence-electron chi connectivity index (χ3n) is 6.78. The highest BCUT2D eigenvalue weighted by Gasteiger charge is 2.27. The molecule has 1 unspecified atom stereocenters. The number of nitrogens with two attached hydrogens (primary N) is 1. The van der Waals surface area contributed by atoms with Gasteiger partial charge in [-0.3, -0.25) is 4.79 Å². The van der Waals surface area contributed by atoms with E-state index < -0.39 is 0 Å². The Labute approximate surface area is 194 Å². The van der Waals surface area contributed by atoms with Crippen molar-refractivity contribution in [1.29, 1.82) is 0 Å². The Hall–Kier alpha value is -3.25. The SMILES string of the molecule is NC1C=CC2=C(C=C1)c1nc(C3CCCCC3)c(NC(=O)Cc3ccc(O)cc3)nc1CC2. The van der Waals surface area contributed by atoms with Crippen molar-refractivity contribution in [1.82, 2.24) is 9.97 Å². The van der Waals surface area contributed by atoms with E-state index >= 15 is 0 Å². The predicted octanol–water partition coefficient (Wildman–Crippen LogP) is 4.56. The summed E-state index contributed by atoms with van der Waals surface area (Å²) in [7, 11) is 0. The summed E-state index contributed by atoms with van der Waals surface area (Å²) in [5.74, 6) is 0.986. The number of nitrogens with zero attached hydrogens (tertiary/aromatic N) is 2. The summed E-state index contributed by atoms with van der Waals surface area (Å²) in [6.07, 6.45) is 15.9. The summed E-state index contributed by atoms with van der Waals surface area (Å²) < 4.78 is 0. The smallest absolute Gasteiger partial charge is 0.229 e. The molecule has 3 aliphatic carbocycles. The average Bonchev–Trinajstić information content (AvgIpc) is 3.02. The maximum atomic E-state index is 12.9. The van der Waals surface area contributed by atoms with Crippen LogP contribution in [0.25, 0.3) is 5.57 Å². The van der Waals surface area contributed by atoms with Crippen molar-refractivity contribution in [3.05, 3.63) is 76.8 Å². The predicted molar refractivity (Wildman–Crippen MR) is 130 cm³/mol. The minimum Gasteiger partial charge on any atom is -0.508 e. The summed E-state index contributed by atoms with van der Waals surface area (Å²) in [6, 6.07) is 6.63. The monoisotopic (exact) mass is 442 g/mol. The fourth-order valence-electron chi connectivity index (χ4n) is 5.00. The highest BCUT2D eigenvalue weighted by atomic mass is 16.3. The molecule has 1 heterocycles. The van der Waals surface area contributed by atoms with Gasteiger partial charge in [0, 0.05) is 17.5 Å². The molecule has 1 fully saturated rings. The van der Waals surface area contributed by atoms with Gasteiger partial charge in [-0.2, -0.15) is 0 Å². The van der Waals surface area contributed by atoms with E-state index in [1.54, 1.807) is 24.3 Å². The quantitative estimate of drug-likeness (QED) is 0.644. The summed E-state index contributed by atoms with van der Waals surface area (Å²) in [6.45, 7) is 0. The molecule has 1 aromatic heterocycles. The van der Waals surface area contributed by atoms with Gasteiger partial charge < -0.3 is 16.2 Å². The van der Waals surface area contributed by atoms with Crippen LogP contribution in [-0.2, 0) is 17.6 Å². The summed E-state index contributed by atoms with van der Waals surface area (Å²) in [4.78, 5) is 23.0. The number of aryl methyl sites for hydroxylation is 1. The second-order valence-corrected chi connectivity index (χ2v) is 9.21. The van der Waals surface area contributed by atoms with Gasteiger partial charge in [-0.25, -0.2) is 9.97 Å². The molecule has 0 radical (unpaired) electrons. The van der Waals surface area contributed by atoms with Gasteiger partial charge in [-0.15, -0.1) is 0 Å². The summed E-state index contributed by atoms with van der Waals surface area (Å²) in [5.41, 5.74) is 12.1. The first-order valence-corrected chi connectivity index (χ1v) is 11.9. The fourth-order valence-corrected chi connectivity index (χ4v) is 5.00. The Balaban J connectivity index is 1.49. The molecule has 170 valence electrons. The molecule has 1 saturated carbocycles. The second kappa shape index (κ2) is 9.32. The van der Waals surface area contributed by atoms with E-state index in [1.165, 1.54) is 24.8 Å². The third-order valence-corrected chi connectivity index (χ3v) is 6.78. The van der Waals surface area contributed by atoms with Crippen LogP contribution in [0, 0.1) is 0 Å². The molecule has 3 aliphatic rings. The maximum Gasteiger partial charge on any atom is 0.229 e. The van der Waals surface area contributed by atoms with E-state index in [0.717, 1.165) is 53.9 Å². The van der Waals surface area contributed by atoms with Crippen molar-refractivity contribution in [2.24, 2.45) is 5.73 Å². The second-order valence-electron chi connectivity index (χ2n) is 9.21. The van der Waals surface area contributed by atoms with Crippen molar-refractivity contribution in [2.45, 2.75) is 63.3 Å². The number of hydrogen-bond donors (Lipinski definition) is 3. The first kappa shape index (κ1) is 21.6. The average molecular weight is 443 g/mol. The molecule has 6 nitrogen and oxygen atoms in total. The normalized spacial score (nSPS) is 20.2. The zero-order valence-electron chi connectivity index (χ0n) is 18.8. The first-order chi connectivity index (χ1) is 16.1. The van der Waals surface area contributed by atoms with Crippen LogP contribution in [0.2, 0.25) is 0 Å². The lowest BCUT2D eigenvalue weighted by Gasteiger charge is -2.26. The molecule has 2 aromatic rings. The van der Waals surface area contributed by atoms with Gasteiger partial charge in [-0.05, 0) is 49.0 Å². The van der Waals surface area contributed by atoms with Gasteiger partial charge in [-0.1, -0.05) is 55.7 Å². The Bertz CT molecular complexity index is 1140. The van der Waals surface area contributed by atoms with Crippen molar-refractivity contribution >= 4 is 17.3 Å². The Morgan fingerprint density at radius 3 is 2.58 bits per heavy atom. The molecule has 4 N–H and O–H groups in total. The zero-order valence-corrected chi connectivity index (χ0v) is 18.8. The minimum absolute atomic E-state index is 0.0942. The van der Waals surface area contributed by atoms with Gasteiger partial charge in [0.15, 0.2) is 5.82 Å². The molecule has 0 aliphatic heterocycles. The number of phenolic OH excluding ortho intramolecular Hbond substituents is 1. The molecular formula is C27H30N4O2. The number of nitrogens with one attached hydrogen (secondary N) is 1. The highest BCUT2D eigenvalue weighted by molar-refractivity contribution is 5.92. The summed E-state index contributed by atoms with van der Waals surface area (Å²) in [5, 5.41) is 12.6. The highest BCUT2D eigenvalue weighted by Crippen LogP contribution is 2.39. The number of amides is 1. The molecule has 0 saturated heterocycles. The lowest BCUT2D eigenvalue weighted by molar-refractivity contribution is -0.115. The van der Waals surface area contributed by atoms with Crippen LogP contribution in [0.3, 0.4) is 0 Å². The third kappa shape index (κ3) is 4.76. The minimum atomic E-state index is -0.119. The van der Waals surface area contributed by atoms with Crippen molar-refractivity contribution in [2.75, 3.05) is 5.32 Å². The van der Waals surface area contributed by atoms with E-state index in [4.69, 9.17) is 15.7 Å². The van der Waals surface area contributed by atoms with Crippen molar-refractivity contribution < 1.29 is 9.90 Å². The number of anilines is 1. The molecule has 1 atom stereocenters. The van der Waals surface area contributed by atoms with Gasteiger partial charge in [0.25, 0.3) is 0 Å². The summed E-state index contributed by atoms with van der Waals surface area (Å²) >= 11 is 0. The van der Waals surface area contributed by atoms with E-state index in [-0.39, 0.29) is 24.1 Å². The van der Waals surface area contributed by atoms with Crippen LogP contribution in [0.1, 0.15) is 67.1 Å². The molecular weight excluding hydrogens is 412 g/mol. The van der Waals surface area contributed by atoms with E-state index in [2.05, 4.69) is 17.5 Å². The number of benzene rings is 1. The number of hydrogen-bond acceptors (Lipinski definition) is 5. The Kier molecular flexibility index (Phi) is 6.09. The fraction of sp³-hybridized carbons (Fsp3) is 0.370. The number of phenols is 1. The lowest BCUT2D eigenvalue weighted by Crippen LogP contribution is -2.22. The van der Waals surface area contributed by atoms with Crippen LogP contribution in [0.5, 0.6) is 5.75 Å². The van der Waals surface area contributed by atoms with Crippen LogP contribution in [-0.4, -0.2) is 27.0 Å². The van der Waals surface area contributed by atoms with Crippen LogP contribution in [0.15, 0.2) is 54.1 Å². The molecule has 1 aromatic carbocycles. The van der Waals surface area contributed by atoms with E-state index in [1.807, 2.05) is 12.2 Å². The maximum absolute atomic E-state index is 12.9. The van der Waals surface area contributed by atoms with Crippen molar-refractivity contribution in [3.8, 4) is 5.75 Å². The number of allylic oxidation sites excluding steroid dienone is 4. The first-order valence-electron chi connectivity index (χ1n) is 11.9. The van der Waals surface area contributed by atoms with Gasteiger partial charge >= 0.3 is 0 Å². The van der Waals surface area contributed by atoms with E-state index in [9.17, 15) is 9.90 Å². The number of carbonyl (C=O) groups is 1. The standard InChI is InChI=1S/C27H30N4O2/c28-20-10-8-18-9-15-23-26(22(18)14-11-20)31-25(19-4-2-1-3-5-19)27(29-23)30-24(33)16-17-6-12-21(32)13-7-17/h6-8,10-14,19-20,32H,1-5,9,15-16,28H2,(H,29,30,33). The zero-order chi connectivity index (χ0) is 22.8. The molecule has 6 heteroatoms. The number of aromatic nitrogens is 2. The number of carbonyl (C=O) groups excluding carboxylic acids is 1. The molecule has 33 heavy (non-hydrogen) atoms. The topological polar surface area (TPSA) is 101 Å². The number of rotatable bonds is 4. The van der Waals surface area contributed by atoms with Crippen LogP contribution >= 0.6 is 0 Å². The molecule has 0 bridgehead atoms. The molecule has 5 rings (SSSR count). The van der Waals surface area contributed by atoms with Gasteiger partial charge in [0.05, 0.1) is 23.5 Å². The largest absolute Gasteiger partial charge is 0.508 e. The van der Waals surface area contributed by atoms with Crippen LogP contribution < -0.4 is 11.1 Å². The van der Waals surface area contributed by atoms with Crippen LogP contribution in [0.4, 0.5) is 5.82 Å². The van der Waals surface area contributed by atoms with Crippen molar-refractivity contribution in [3.63, 3.8) is 0 Å². The van der Waals surface area contributed by atoms with E-state index in [0.29, 0.717) is 11.7 Å². The lowest BCUT2D eigenvalue weighted by atomic mass is 9.85.